The lowest BCUT2D eigenvalue weighted by Crippen LogP contribution is -1.98. The van der Waals surface area contributed by atoms with Crippen molar-refractivity contribution >= 4 is 11.6 Å². The lowest BCUT2D eigenvalue weighted by molar-refractivity contribution is 0.305. The Bertz CT molecular complexity index is 528. The Labute approximate surface area is 110 Å². The first-order valence-electron chi connectivity index (χ1n) is 5.55. The molecule has 0 spiro atoms. The van der Waals surface area contributed by atoms with Crippen LogP contribution < -0.4 is 10.5 Å². The Morgan fingerprint density at radius 2 is 1.83 bits per heavy atom. The van der Waals surface area contributed by atoms with Crippen LogP contribution in [0.5, 0.6) is 5.75 Å². The highest BCUT2D eigenvalue weighted by atomic mass is 35.5. The summed E-state index contributed by atoms with van der Waals surface area (Å²) in [5, 5.41) is 0.495. The van der Waals surface area contributed by atoms with Gasteiger partial charge in [0.25, 0.3) is 0 Å². The lowest BCUT2D eigenvalue weighted by atomic mass is 10.2. The minimum absolute atomic E-state index is 0.235. The van der Waals surface area contributed by atoms with E-state index in [0.29, 0.717) is 22.9 Å². The fourth-order valence-corrected chi connectivity index (χ4v) is 1.71. The van der Waals surface area contributed by atoms with Gasteiger partial charge in [0, 0.05) is 17.1 Å². The van der Waals surface area contributed by atoms with Gasteiger partial charge in [-0.3, -0.25) is 0 Å². The molecule has 4 heteroatoms. The van der Waals surface area contributed by atoms with Crippen LogP contribution in [-0.4, -0.2) is 0 Å². The van der Waals surface area contributed by atoms with E-state index in [1.54, 1.807) is 0 Å². The van der Waals surface area contributed by atoms with Gasteiger partial charge in [0.2, 0.25) is 0 Å². The highest BCUT2D eigenvalue weighted by molar-refractivity contribution is 6.31. The summed E-state index contributed by atoms with van der Waals surface area (Å²) in [7, 11) is 0. The van der Waals surface area contributed by atoms with Crippen molar-refractivity contribution in [2.75, 3.05) is 0 Å². The molecular formula is C14H13ClFNO. The SMILES string of the molecule is NCc1ccc(OCc2cc(F)ccc2Cl)cc1. The summed E-state index contributed by atoms with van der Waals surface area (Å²) in [6.45, 7) is 0.731. The molecule has 2 aromatic carbocycles. The van der Waals surface area contributed by atoms with Crippen LogP contribution in [0.15, 0.2) is 42.5 Å². The Balaban J connectivity index is 2.04. The summed E-state index contributed by atoms with van der Waals surface area (Å²) in [5.41, 5.74) is 7.16. The number of nitrogens with two attached hydrogens (primary N) is 1. The topological polar surface area (TPSA) is 35.2 Å². The van der Waals surface area contributed by atoms with Crippen LogP contribution in [0, 0.1) is 5.82 Å². The molecular weight excluding hydrogens is 253 g/mol. The maximum Gasteiger partial charge on any atom is 0.123 e. The minimum Gasteiger partial charge on any atom is -0.489 e. The number of hydrogen-bond donors (Lipinski definition) is 1. The zero-order chi connectivity index (χ0) is 13.0. The first kappa shape index (κ1) is 12.9. The molecule has 0 atom stereocenters. The molecule has 0 unspecified atom stereocenters. The average molecular weight is 266 g/mol. The maximum absolute atomic E-state index is 13.0. The lowest BCUT2D eigenvalue weighted by Gasteiger charge is -2.08. The van der Waals surface area contributed by atoms with Crippen LogP contribution in [-0.2, 0) is 13.2 Å². The second-order valence-corrected chi connectivity index (χ2v) is 4.28. The molecule has 0 bridgehead atoms. The van der Waals surface area contributed by atoms with Gasteiger partial charge in [0.15, 0.2) is 0 Å². The van der Waals surface area contributed by atoms with Gasteiger partial charge in [-0.1, -0.05) is 23.7 Å². The van der Waals surface area contributed by atoms with Crippen LogP contribution in [0.1, 0.15) is 11.1 Å². The molecule has 0 amide bonds. The molecule has 2 N–H and O–H groups in total. The zero-order valence-corrected chi connectivity index (χ0v) is 10.5. The van der Waals surface area contributed by atoms with Crippen molar-refractivity contribution in [2.24, 2.45) is 5.73 Å². The molecule has 0 aromatic heterocycles. The van der Waals surface area contributed by atoms with Gasteiger partial charge in [-0.05, 0) is 35.9 Å². The summed E-state index contributed by atoms with van der Waals surface area (Å²) in [5.74, 6) is 0.379. The largest absolute Gasteiger partial charge is 0.489 e. The number of ether oxygens (including phenoxy) is 1. The average Bonchev–Trinajstić information content (AvgIpc) is 2.40. The number of benzene rings is 2. The molecule has 0 saturated heterocycles. The number of rotatable bonds is 4. The van der Waals surface area contributed by atoms with Crippen LogP contribution >= 0.6 is 11.6 Å². The van der Waals surface area contributed by atoms with Crippen LogP contribution in [0.2, 0.25) is 5.02 Å². The van der Waals surface area contributed by atoms with Gasteiger partial charge in [0.05, 0.1) is 0 Å². The second kappa shape index (κ2) is 5.85. The van der Waals surface area contributed by atoms with E-state index >= 15 is 0 Å². The molecule has 0 aliphatic carbocycles. The molecule has 2 nitrogen and oxygen atoms in total. The minimum atomic E-state index is -0.323. The Kier molecular flexibility index (Phi) is 4.18. The molecule has 94 valence electrons. The monoisotopic (exact) mass is 265 g/mol. The van der Waals surface area contributed by atoms with Gasteiger partial charge in [-0.15, -0.1) is 0 Å². The van der Waals surface area contributed by atoms with Gasteiger partial charge < -0.3 is 10.5 Å². The third-order valence-corrected chi connectivity index (χ3v) is 2.93. The van der Waals surface area contributed by atoms with Crippen molar-refractivity contribution in [3.05, 3.63) is 64.4 Å². The van der Waals surface area contributed by atoms with Crippen molar-refractivity contribution < 1.29 is 9.13 Å². The van der Waals surface area contributed by atoms with Crippen molar-refractivity contribution in [3.8, 4) is 5.75 Å². The van der Waals surface area contributed by atoms with E-state index < -0.39 is 0 Å². The standard InChI is InChI=1S/C14H13ClFNO/c15-14-6-3-12(16)7-11(14)9-18-13-4-1-10(8-17)2-5-13/h1-7H,8-9,17H2. The van der Waals surface area contributed by atoms with Gasteiger partial charge in [-0.2, -0.15) is 0 Å². The van der Waals surface area contributed by atoms with Gasteiger partial charge in [-0.25, -0.2) is 4.39 Å². The fourth-order valence-electron chi connectivity index (χ4n) is 1.54. The first-order chi connectivity index (χ1) is 8.69. The quantitative estimate of drug-likeness (QED) is 0.918. The summed E-state index contributed by atoms with van der Waals surface area (Å²) >= 11 is 5.95. The van der Waals surface area contributed by atoms with E-state index in [4.69, 9.17) is 22.1 Å². The van der Waals surface area contributed by atoms with E-state index in [9.17, 15) is 4.39 Å². The zero-order valence-electron chi connectivity index (χ0n) is 9.70. The Morgan fingerprint density at radius 1 is 1.11 bits per heavy atom. The fraction of sp³-hybridized carbons (Fsp3) is 0.143. The van der Waals surface area contributed by atoms with E-state index in [1.807, 2.05) is 24.3 Å². The van der Waals surface area contributed by atoms with Crippen molar-refractivity contribution in [1.82, 2.24) is 0 Å². The molecule has 0 saturated carbocycles. The van der Waals surface area contributed by atoms with Gasteiger partial charge in [0.1, 0.15) is 18.2 Å². The van der Waals surface area contributed by atoms with Crippen molar-refractivity contribution in [2.45, 2.75) is 13.2 Å². The molecule has 2 rings (SSSR count). The van der Waals surface area contributed by atoms with E-state index in [-0.39, 0.29) is 12.4 Å². The summed E-state index contributed by atoms with van der Waals surface area (Å²) in [6.07, 6.45) is 0. The van der Waals surface area contributed by atoms with Gasteiger partial charge >= 0.3 is 0 Å². The van der Waals surface area contributed by atoms with Crippen molar-refractivity contribution in [3.63, 3.8) is 0 Å². The third-order valence-electron chi connectivity index (χ3n) is 2.56. The second-order valence-electron chi connectivity index (χ2n) is 3.87. The Morgan fingerprint density at radius 3 is 2.50 bits per heavy atom. The van der Waals surface area contributed by atoms with Crippen LogP contribution in [0.4, 0.5) is 4.39 Å². The van der Waals surface area contributed by atoms with E-state index in [2.05, 4.69) is 0 Å². The van der Waals surface area contributed by atoms with Crippen molar-refractivity contribution in [1.29, 1.82) is 0 Å². The number of hydrogen-bond acceptors (Lipinski definition) is 2. The van der Waals surface area contributed by atoms with Crippen LogP contribution in [0.25, 0.3) is 0 Å². The van der Waals surface area contributed by atoms with E-state index in [0.717, 1.165) is 5.56 Å². The first-order valence-corrected chi connectivity index (χ1v) is 5.92. The predicted molar refractivity (Wildman–Crippen MR) is 70.1 cm³/mol. The maximum atomic E-state index is 13.0. The summed E-state index contributed by atoms with van der Waals surface area (Å²) < 4.78 is 18.6. The van der Waals surface area contributed by atoms with Crippen LogP contribution in [0.3, 0.4) is 0 Å². The highest BCUT2D eigenvalue weighted by Gasteiger charge is 2.03. The predicted octanol–water partition coefficient (Wildman–Crippen LogP) is 3.52. The Hall–Kier alpha value is -1.58. The highest BCUT2D eigenvalue weighted by Crippen LogP contribution is 2.20. The molecule has 0 aliphatic heterocycles. The molecule has 0 fully saturated rings. The van der Waals surface area contributed by atoms with E-state index in [1.165, 1.54) is 18.2 Å². The summed E-state index contributed by atoms with van der Waals surface area (Å²) in [4.78, 5) is 0. The summed E-state index contributed by atoms with van der Waals surface area (Å²) in [6, 6.07) is 11.7. The molecule has 18 heavy (non-hydrogen) atoms. The molecule has 0 aliphatic rings. The molecule has 2 aromatic rings. The molecule has 0 radical (unpaired) electrons. The normalized spacial score (nSPS) is 10.4. The third kappa shape index (κ3) is 3.22. The number of halogens is 2. The molecule has 0 heterocycles. The smallest absolute Gasteiger partial charge is 0.123 e.